The molecule has 142 valence electrons. The first-order chi connectivity index (χ1) is 11.5. The molecule has 25 heavy (non-hydrogen) atoms. The molecular formula is C23H38O2. The number of hydrogen-bond acceptors (Lipinski definition) is 2. The third kappa shape index (κ3) is 7.22. The molecule has 0 aliphatic rings. The van der Waals surface area contributed by atoms with Crippen molar-refractivity contribution in [1.82, 2.24) is 0 Å². The molecule has 0 radical (unpaired) electrons. The molecule has 2 heteroatoms. The summed E-state index contributed by atoms with van der Waals surface area (Å²) in [5, 5.41) is 0. The summed E-state index contributed by atoms with van der Waals surface area (Å²) in [6, 6.07) is 2.42. The molecule has 0 saturated carbocycles. The van der Waals surface area contributed by atoms with Crippen LogP contribution in [0.2, 0.25) is 0 Å². The molecular weight excluding hydrogens is 308 g/mol. The van der Waals surface area contributed by atoms with Crippen LogP contribution in [0.5, 0.6) is 0 Å². The van der Waals surface area contributed by atoms with Crippen LogP contribution in [-0.2, 0) is 22.4 Å². The second-order valence-corrected chi connectivity index (χ2v) is 9.31. The summed E-state index contributed by atoms with van der Waals surface area (Å²) in [7, 11) is 0. The van der Waals surface area contributed by atoms with Crippen LogP contribution < -0.4 is 0 Å². The minimum atomic E-state index is -0.370. The van der Waals surface area contributed by atoms with E-state index < -0.39 is 0 Å². The van der Waals surface area contributed by atoms with E-state index in [1.165, 1.54) is 40.7 Å². The van der Waals surface area contributed by atoms with Gasteiger partial charge in [0.1, 0.15) is 5.60 Å². The topological polar surface area (TPSA) is 26.3 Å². The Balaban J connectivity index is 2.81. The quantitative estimate of drug-likeness (QED) is 0.494. The Hall–Kier alpha value is -1.31. The van der Waals surface area contributed by atoms with Crippen LogP contribution in [0.4, 0.5) is 0 Å². The molecule has 0 amide bonds. The molecule has 0 aliphatic heterocycles. The maximum atomic E-state index is 10.6. The summed E-state index contributed by atoms with van der Waals surface area (Å²) in [5.74, 6) is 0. The van der Waals surface area contributed by atoms with Gasteiger partial charge in [0.05, 0.1) is 0 Å². The average molecular weight is 347 g/mol. The minimum absolute atomic E-state index is 0.370. The van der Waals surface area contributed by atoms with E-state index in [1.54, 1.807) is 0 Å². The van der Waals surface area contributed by atoms with Gasteiger partial charge in [-0.3, -0.25) is 4.79 Å². The lowest BCUT2D eigenvalue weighted by Gasteiger charge is -2.23. The molecule has 1 aromatic rings. The van der Waals surface area contributed by atoms with Gasteiger partial charge in [-0.1, -0.05) is 26.8 Å². The summed E-state index contributed by atoms with van der Waals surface area (Å²) in [5.41, 5.74) is 7.31. The van der Waals surface area contributed by atoms with Gasteiger partial charge in [0.2, 0.25) is 0 Å². The molecule has 2 nitrogen and oxygen atoms in total. The van der Waals surface area contributed by atoms with Gasteiger partial charge in [0.15, 0.2) is 0 Å². The van der Waals surface area contributed by atoms with Crippen LogP contribution in [0, 0.1) is 26.2 Å². The third-order valence-electron chi connectivity index (χ3n) is 5.40. The number of carbonyl (C=O) groups excluding carboxylic acids is 1. The van der Waals surface area contributed by atoms with Crippen molar-refractivity contribution in [3.05, 3.63) is 33.9 Å². The molecule has 0 aliphatic carbocycles. The van der Waals surface area contributed by atoms with E-state index in [4.69, 9.17) is 4.74 Å². The molecule has 0 spiro atoms. The van der Waals surface area contributed by atoms with Crippen molar-refractivity contribution in [2.45, 2.75) is 99.5 Å². The number of benzene rings is 1. The normalized spacial score (nSPS) is 12.3. The van der Waals surface area contributed by atoms with Crippen molar-refractivity contribution in [3.63, 3.8) is 0 Å². The van der Waals surface area contributed by atoms with Gasteiger partial charge in [0.25, 0.3) is 6.47 Å². The van der Waals surface area contributed by atoms with E-state index in [1.807, 2.05) is 13.8 Å². The summed E-state index contributed by atoms with van der Waals surface area (Å²) >= 11 is 0. The lowest BCUT2D eigenvalue weighted by Crippen LogP contribution is -2.23. The van der Waals surface area contributed by atoms with E-state index in [-0.39, 0.29) is 5.60 Å². The maximum absolute atomic E-state index is 10.6. The molecule has 1 rings (SSSR count). The maximum Gasteiger partial charge on any atom is 0.293 e. The molecule has 0 fully saturated rings. The SMILES string of the molecule is Cc1c(CCCC(C)(C)C)cc(CCCC(C)(C)OC=O)c(C)c1C. The highest BCUT2D eigenvalue weighted by Crippen LogP contribution is 2.28. The highest BCUT2D eigenvalue weighted by molar-refractivity contribution is 5.44. The summed E-state index contributed by atoms with van der Waals surface area (Å²) in [6.45, 7) is 18.2. The van der Waals surface area contributed by atoms with E-state index in [2.05, 4.69) is 47.6 Å². The first-order valence-corrected chi connectivity index (χ1v) is 9.67. The Kier molecular flexibility index (Phi) is 7.71. The monoisotopic (exact) mass is 346 g/mol. The second kappa shape index (κ2) is 8.87. The zero-order chi connectivity index (χ0) is 19.3. The number of aryl methyl sites for hydroxylation is 2. The Morgan fingerprint density at radius 3 is 1.76 bits per heavy atom. The highest BCUT2D eigenvalue weighted by Gasteiger charge is 2.19. The van der Waals surface area contributed by atoms with Gasteiger partial charge >= 0.3 is 0 Å². The van der Waals surface area contributed by atoms with E-state index in [0.717, 1.165) is 25.7 Å². The largest absolute Gasteiger partial charge is 0.462 e. The molecule has 1 aromatic carbocycles. The van der Waals surface area contributed by atoms with Crippen molar-refractivity contribution in [2.75, 3.05) is 0 Å². The third-order valence-corrected chi connectivity index (χ3v) is 5.40. The van der Waals surface area contributed by atoms with Crippen molar-refractivity contribution in [2.24, 2.45) is 5.41 Å². The second-order valence-electron chi connectivity index (χ2n) is 9.31. The molecule has 0 aromatic heterocycles. The smallest absolute Gasteiger partial charge is 0.293 e. The van der Waals surface area contributed by atoms with Gasteiger partial charge in [-0.25, -0.2) is 0 Å². The fourth-order valence-corrected chi connectivity index (χ4v) is 3.41. The predicted octanol–water partition coefficient (Wildman–Crippen LogP) is 6.25. The van der Waals surface area contributed by atoms with Gasteiger partial charge in [-0.05, 0) is 106 Å². The molecule has 0 saturated heterocycles. The van der Waals surface area contributed by atoms with Crippen LogP contribution in [0.1, 0.15) is 88.1 Å². The molecule has 0 N–H and O–H groups in total. The van der Waals surface area contributed by atoms with Gasteiger partial charge in [0, 0.05) is 0 Å². The fourth-order valence-electron chi connectivity index (χ4n) is 3.41. The number of hydrogen-bond donors (Lipinski definition) is 0. The fraction of sp³-hybridized carbons (Fsp3) is 0.696. The molecule has 0 heterocycles. The lowest BCUT2D eigenvalue weighted by molar-refractivity contribution is -0.140. The Morgan fingerprint density at radius 1 is 0.840 bits per heavy atom. The molecule has 0 atom stereocenters. The van der Waals surface area contributed by atoms with Crippen molar-refractivity contribution >= 4 is 6.47 Å². The summed E-state index contributed by atoms with van der Waals surface area (Å²) < 4.78 is 5.17. The average Bonchev–Trinajstić information content (AvgIpc) is 2.47. The van der Waals surface area contributed by atoms with E-state index in [9.17, 15) is 4.79 Å². The Bertz CT molecular complexity index is 577. The highest BCUT2D eigenvalue weighted by atomic mass is 16.5. The Morgan fingerprint density at radius 2 is 1.32 bits per heavy atom. The van der Waals surface area contributed by atoms with Gasteiger partial charge in [-0.15, -0.1) is 0 Å². The molecule has 0 bridgehead atoms. The summed E-state index contributed by atoms with van der Waals surface area (Å²) in [6.07, 6.45) is 6.63. The Labute approximate surface area is 155 Å². The van der Waals surface area contributed by atoms with Gasteiger partial charge in [-0.2, -0.15) is 0 Å². The molecule has 0 unspecified atom stereocenters. The number of rotatable bonds is 9. The number of ether oxygens (including phenoxy) is 1. The standard InChI is InChI=1S/C23H38O2/c1-17-18(2)20(11-9-13-22(4,5)6)15-21(19(17)3)12-10-14-23(7,8)25-16-24/h15-16H,9-14H2,1-8H3. The lowest BCUT2D eigenvalue weighted by atomic mass is 9.86. The van der Waals surface area contributed by atoms with Gasteiger partial charge < -0.3 is 4.74 Å². The van der Waals surface area contributed by atoms with Crippen LogP contribution in [-0.4, -0.2) is 12.1 Å². The number of carbonyl (C=O) groups is 1. The van der Waals surface area contributed by atoms with Crippen molar-refractivity contribution in [1.29, 1.82) is 0 Å². The zero-order valence-corrected chi connectivity index (χ0v) is 17.7. The zero-order valence-electron chi connectivity index (χ0n) is 17.7. The van der Waals surface area contributed by atoms with Crippen LogP contribution in [0.15, 0.2) is 6.07 Å². The predicted molar refractivity (Wildman–Crippen MR) is 107 cm³/mol. The van der Waals surface area contributed by atoms with Crippen LogP contribution >= 0.6 is 0 Å². The van der Waals surface area contributed by atoms with E-state index >= 15 is 0 Å². The first kappa shape index (κ1) is 21.7. The first-order valence-electron chi connectivity index (χ1n) is 9.67. The van der Waals surface area contributed by atoms with Crippen LogP contribution in [0.3, 0.4) is 0 Å². The van der Waals surface area contributed by atoms with E-state index in [0.29, 0.717) is 11.9 Å². The minimum Gasteiger partial charge on any atom is -0.462 e. The van der Waals surface area contributed by atoms with Crippen molar-refractivity contribution in [3.8, 4) is 0 Å². The van der Waals surface area contributed by atoms with Crippen molar-refractivity contribution < 1.29 is 9.53 Å². The van der Waals surface area contributed by atoms with Crippen LogP contribution in [0.25, 0.3) is 0 Å². The summed E-state index contributed by atoms with van der Waals surface area (Å²) in [4.78, 5) is 10.6.